The number of fused-ring (bicyclic) bond motifs is 1. The van der Waals surface area contributed by atoms with E-state index in [-0.39, 0.29) is 11.6 Å². The van der Waals surface area contributed by atoms with E-state index in [4.69, 9.17) is 0 Å². The summed E-state index contributed by atoms with van der Waals surface area (Å²) in [6.45, 7) is 14.3. The number of benzene rings is 1. The van der Waals surface area contributed by atoms with Crippen LogP contribution in [0.4, 0.5) is 0 Å². The summed E-state index contributed by atoms with van der Waals surface area (Å²) in [7, 11) is 0. The molecule has 5 nitrogen and oxygen atoms in total. The molecule has 0 spiro atoms. The van der Waals surface area contributed by atoms with E-state index in [1.807, 2.05) is 6.21 Å². The van der Waals surface area contributed by atoms with Crippen molar-refractivity contribution in [1.82, 2.24) is 15.2 Å². The Kier molecular flexibility index (Phi) is 12.6. The van der Waals surface area contributed by atoms with Gasteiger partial charge in [0.1, 0.15) is 5.82 Å². The zero-order valence-electron chi connectivity index (χ0n) is 24.6. The van der Waals surface area contributed by atoms with Crippen LogP contribution in [0.15, 0.2) is 40.4 Å². The SMILES string of the molecule is C=C(/N=C\c1c(C)n(C2CCCCC2)c(=O)c2cc(CNC3CCCCC3)ccc12)NCCCC.CCC. The van der Waals surface area contributed by atoms with Crippen molar-refractivity contribution in [2.24, 2.45) is 4.99 Å². The smallest absolute Gasteiger partial charge is 0.258 e. The highest BCUT2D eigenvalue weighted by Gasteiger charge is 2.22. The maximum atomic E-state index is 13.8. The van der Waals surface area contributed by atoms with Crippen LogP contribution in [-0.4, -0.2) is 23.4 Å². The van der Waals surface area contributed by atoms with Gasteiger partial charge in [0.05, 0.1) is 0 Å². The standard InChI is InChI=1S/C30H44N4O.C3H8/c1-4-5-18-31-23(3)32-21-29-22(2)34(26-14-10-7-11-15-26)30(35)28-19-24(16-17-27(28)29)20-33-25-12-8-6-9-13-25;1-3-2/h16-17,19,21,25-26,31,33H,3-15,18,20H2,1-2H3;3H2,1-2H3/b32-21-;. The molecule has 1 aromatic heterocycles. The second-order valence-electron chi connectivity index (χ2n) is 11.3. The van der Waals surface area contributed by atoms with Crippen molar-refractivity contribution in [2.75, 3.05) is 6.54 Å². The summed E-state index contributed by atoms with van der Waals surface area (Å²) in [6.07, 6.45) is 17.7. The third-order valence-electron chi connectivity index (χ3n) is 7.92. The molecule has 0 atom stereocenters. The first kappa shape index (κ1) is 30.1. The number of nitrogens with zero attached hydrogens (tertiary/aromatic N) is 2. The molecule has 2 saturated carbocycles. The fourth-order valence-electron chi connectivity index (χ4n) is 5.83. The monoisotopic (exact) mass is 520 g/mol. The Morgan fingerprint density at radius 1 is 1.03 bits per heavy atom. The number of hydrogen-bond acceptors (Lipinski definition) is 4. The molecule has 2 fully saturated rings. The van der Waals surface area contributed by atoms with E-state index in [1.165, 1.54) is 63.4 Å². The summed E-state index contributed by atoms with van der Waals surface area (Å²) in [5.74, 6) is 0.676. The lowest BCUT2D eigenvalue weighted by atomic mass is 9.93. The first-order valence-electron chi connectivity index (χ1n) is 15.4. The second-order valence-corrected chi connectivity index (χ2v) is 11.3. The van der Waals surface area contributed by atoms with Crippen molar-refractivity contribution in [3.63, 3.8) is 0 Å². The molecule has 1 heterocycles. The molecule has 0 aliphatic heterocycles. The van der Waals surface area contributed by atoms with E-state index in [0.29, 0.717) is 11.9 Å². The van der Waals surface area contributed by atoms with Crippen LogP contribution in [0.1, 0.15) is 127 Å². The van der Waals surface area contributed by atoms with E-state index in [1.54, 1.807) is 0 Å². The highest BCUT2D eigenvalue weighted by molar-refractivity contribution is 6.00. The van der Waals surface area contributed by atoms with Gasteiger partial charge in [-0.2, -0.15) is 0 Å². The Balaban J connectivity index is 0.00000127. The molecule has 2 aromatic rings. The molecule has 2 aliphatic rings. The number of nitrogens with one attached hydrogen (secondary N) is 2. The van der Waals surface area contributed by atoms with Gasteiger partial charge in [0.15, 0.2) is 0 Å². The lowest BCUT2D eigenvalue weighted by Gasteiger charge is -2.27. The maximum absolute atomic E-state index is 13.8. The minimum absolute atomic E-state index is 0.154. The van der Waals surface area contributed by atoms with Gasteiger partial charge in [0, 0.05) is 48.0 Å². The minimum Gasteiger partial charge on any atom is -0.371 e. The Hall–Kier alpha value is -2.40. The van der Waals surface area contributed by atoms with Crippen molar-refractivity contribution in [3.8, 4) is 0 Å². The van der Waals surface area contributed by atoms with Gasteiger partial charge in [-0.25, -0.2) is 4.99 Å². The van der Waals surface area contributed by atoms with Gasteiger partial charge in [0.25, 0.3) is 5.56 Å². The van der Waals surface area contributed by atoms with E-state index < -0.39 is 0 Å². The second kappa shape index (κ2) is 15.9. The predicted molar refractivity (Wildman–Crippen MR) is 164 cm³/mol. The van der Waals surface area contributed by atoms with Gasteiger partial charge in [-0.15, -0.1) is 0 Å². The minimum atomic E-state index is 0.154. The van der Waals surface area contributed by atoms with Crippen molar-refractivity contribution in [3.05, 3.63) is 57.8 Å². The van der Waals surface area contributed by atoms with Crippen molar-refractivity contribution >= 4 is 17.0 Å². The van der Waals surface area contributed by atoms with Crippen molar-refractivity contribution in [1.29, 1.82) is 0 Å². The fraction of sp³-hybridized carbons (Fsp3) is 0.636. The zero-order valence-corrected chi connectivity index (χ0v) is 24.6. The van der Waals surface area contributed by atoms with E-state index in [0.717, 1.165) is 60.8 Å². The summed E-state index contributed by atoms with van der Waals surface area (Å²) in [4.78, 5) is 18.5. The highest BCUT2D eigenvalue weighted by atomic mass is 16.1. The summed E-state index contributed by atoms with van der Waals surface area (Å²) >= 11 is 0. The molecule has 0 unspecified atom stereocenters. The fourth-order valence-corrected chi connectivity index (χ4v) is 5.83. The summed E-state index contributed by atoms with van der Waals surface area (Å²) in [5.41, 5.74) is 3.40. The van der Waals surface area contributed by atoms with Gasteiger partial charge >= 0.3 is 0 Å². The van der Waals surface area contributed by atoms with Crippen LogP contribution in [0.25, 0.3) is 10.8 Å². The molecule has 2 aliphatic carbocycles. The average Bonchev–Trinajstić information content (AvgIpc) is 2.94. The van der Waals surface area contributed by atoms with Crippen LogP contribution < -0.4 is 16.2 Å². The Labute approximate surface area is 231 Å². The summed E-state index contributed by atoms with van der Waals surface area (Å²) in [6, 6.07) is 7.31. The number of rotatable bonds is 10. The van der Waals surface area contributed by atoms with E-state index in [2.05, 4.69) is 72.7 Å². The van der Waals surface area contributed by atoms with E-state index in [9.17, 15) is 4.79 Å². The van der Waals surface area contributed by atoms with Crippen LogP contribution in [-0.2, 0) is 6.54 Å². The Morgan fingerprint density at radius 2 is 1.68 bits per heavy atom. The number of aromatic nitrogens is 1. The maximum Gasteiger partial charge on any atom is 0.258 e. The first-order valence-corrected chi connectivity index (χ1v) is 15.4. The molecule has 0 amide bonds. The molecule has 5 heteroatoms. The molecule has 4 rings (SSSR count). The van der Waals surface area contributed by atoms with Crippen molar-refractivity contribution < 1.29 is 0 Å². The van der Waals surface area contributed by atoms with Crippen LogP contribution in [0.3, 0.4) is 0 Å². The highest BCUT2D eigenvalue weighted by Crippen LogP contribution is 2.30. The number of aliphatic imine (C=N–C) groups is 1. The molecule has 210 valence electrons. The van der Waals surface area contributed by atoms with Crippen LogP contribution in [0, 0.1) is 6.92 Å². The largest absolute Gasteiger partial charge is 0.371 e. The molecular weight excluding hydrogens is 468 g/mol. The van der Waals surface area contributed by atoms with Crippen LogP contribution in [0.2, 0.25) is 0 Å². The Morgan fingerprint density at radius 3 is 2.34 bits per heavy atom. The molecule has 38 heavy (non-hydrogen) atoms. The van der Waals surface area contributed by atoms with Gasteiger partial charge in [-0.1, -0.05) is 90.8 Å². The average molecular weight is 521 g/mol. The summed E-state index contributed by atoms with van der Waals surface area (Å²) < 4.78 is 2.08. The third kappa shape index (κ3) is 8.30. The molecule has 0 saturated heterocycles. The van der Waals surface area contributed by atoms with Crippen LogP contribution >= 0.6 is 0 Å². The number of pyridine rings is 1. The van der Waals surface area contributed by atoms with Crippen molar-refractivity contribution in [2.45, 2.75) is 130 Å². The third-order valence-corrected chi connectivity index (χ3v) is 7.92. The van der Waals surface area contributed by atoms with Gasteiger partial charge in [0.2, 0.25) is 0 Å². The molecule has 1 aromatic carbocycles. The number of unbranched alkanes of at least 4 members (excludes halogenated alkanes) is 1. The zero-order chi connectivity index (χ0) is 27.3. The van der Waals surface area contributed by atoms with Gasteiger partial charge in [-0.3, -0.25) is 4.79 Å². The van der Waals surface area contributed by atoms with Crippen LogP contribution in [0.5, 0.6) is 0 Å². The summed E-state index contributed by atoms with van der Waals surface area (Å²) in [5, 5.41) is 8.84. The number of hydrogen-bond donors (Lipinski definition) is 2. The first-order chi connectivity index (χ1) is 18.5. The van der Waals surface area contributed by atoms with Gasteiger partial charge < -0.3 is 15.2 Å². The molecule has 2 N–H and O–H groups in total. The quantitative estimate of drug-likeness (QED) is 0.247. The Bertz CT molecular complexity index is 1100. The lowest BCUT2D eigenvalue weighted by molar-refractivity contribution is 0.343. The molecule has 0 radical (unpaired) electrons. The predicted octanol–water partition coefficient (Wildman–Crippen LogP) is 7.93. The lowest BCUT2D eigenvalue weighted by Crippen LogP contribution is -2.31. The normalized spacial score (nSPS) is 16.9. The molecule has 0 bridgehead atoms. The van der Waals surface area contributed by atoms with Gasteiger partial charge in [-0.05, 0) is 56.0 Å². The molecular formula is C33H52N4O. The van der Waals surface area contributed by atoms with E-state index >= 15 is 0 Å². The topological polar surface area (TPSA) is 58.4 Å².